The Labute approximate surface area is 265 Å². The Hall–Kier alpha value is -3.33. The van der Waals surface area contributed by atoms with Gasteiger partial charge in [-0.2, -0.15) is 0 Å². The number of rotatable bonds is 16. The average Bonchev–Trinajstić information content (AvgIpc) is 3.02. The molecular formula is C30H41N5O7S2. The normalized spacial score (nSPS) is 16.2. The Morgan fingerprint density at radius 1 is 1.14 bits per heavy atom. The highest BCUT2D eigenvalue weighted by Crippen LogP contribution is 2.28. The van der Waals surface area contributed by atoms with Crippen LogP contribution in [-0.2, 0) is 35.1 Å². The standard InChI is InChI=1S/C30H41N5O7S2/c1-20(2)27(33-25(37)12-15-42-16-17-43-44-26-11-4-5-13-31-26)28(38)32-24(19-21-8-6-9-22(36)18-21)29(39)35-14-7-10-23(34-35)30(40)41-3/h4-6,8-9,11,13,18,20,23-24,27,34,36H,7,10,12,14-17,19H2,1-3H3,(H,32,38)(H,33,37)/t23-,24-,27-/m0/s1. The number of phenolic OH excluding ortho intramolecular Hbond substituents is 1. The lowest BCUT2D eigenvalue weighted by Gasteiger charge is -2.35. The van der Waals surface area contributed by atoms with Crippen molar-refractivity contribution in [2.75, 3.05) is 32.6 Å². The Bertz CT molecular complexity index is 1240. The predicted octanol–water partition coefficient (Wildman–Crippen LogP) is 2.47. The van der Waals surface area contributed by atoms with Crippen LogP contribution in [0.25, 0.3) is 0 Å². The molecule has 0 unspecified atom stereocenters. The lowest BCUT2D eigenvalue weighted by molar-refractivity contribution is -0.151. The number of hydrogen-bond acceptors (Lipinski definition) is 11. The van der Waals surface area contributed by atoms with Gasteiger partial charge in [0.25, 0.3) is 5.91 Å². The molecule has 0 radical (unpaired) electrons. The van der Waals surface area contributed by atoms with E-state index < -0.39 is 35.9 Å². The number of nitrogens with zero attached hydrogens (tertiary/aromatic N) is 2. The molecule has 2 heterocycles. The third-order valence-electron chi connectivity index (χ3n) is 6.74. The zero-order chi connectivity index (χ0) is 31.9. The van der Waals surface area contributed by atoms with E-state index in [9.17, 15) is 24.3 Å². The molecule has 1 aliphatic heterocycles. The van der Waals surface area contributed by atoms with Crippen LogP contribution in [0.4, 0.5) is 0 Å². The number of aromatic nitrogens is 1. The number of aromatic hydroxyl groups is 1. The fourth-order valence-electron chi connectivity index (χ4n) is 4.47. The molecule has 1 aliphatic rings. The predicted molar refractivity (Wildman–Crippen MR) is 168 cm³/mol. The first-order valence-corrected chi connectivity index (χ1v) is 16.8. The highest BCUT2D eigenvalue weighted by Gasteiger charge is 2.34. The zero-order valence-corrected chi connectivity index (χ0v) is 26.8. The third-order valence-corrected chi connectivity index (χ3v) is 8.96. The zero-order valence-electron chi connectivity index (χ0n) is 25.2. The summed E-state index contributed by atoms with van der Waals surface area (Å²) in [6, 6.07) is 9.53. The van der Waals surface area contributed by atoms with E-state index in [-0.39, 0.29) is 37.0 Å². The Morgan fingerprint density at radius 3 is 2.66 bits per heavy atom. The molecule has 0 bridgehead atoms. The number of methoxy groups -OCH3 is 1. The fraction of sp³-hybridized carbons (Fsp3) is 0.500. The Balaban J connectivity index is 1.55. The van der Waals surface area contributed by atoms with Crippen LogP contribution in [-0.4, -0.2) is 89.5 Å². The van der Waals surface area contributed by atoms with E-state index in [1.165, 1.54) is 24.3 Å². The van der Waals surface area contributed by atoms with Crippen LogP contribution >= 0.6 is 21.6 Å². The van der Waals surface area contributed by atoms with Crippen molar-refractivity contribution in [1.29, 1.82) is 0 Å². The number of carbonyl (C=O) groups is 4. The van der Waals surface area contributed by atoms with Crippen LogP contribution in [0.1, 0.15) is 38.7 Å². The Morgan fingerprint density at radius 2 is 1.95 bits per heavy atom. The van der Waals surface area contributed by atoms with Gasteiger partial charge in [-0.3, -0.25) is 24.2 Å². The van der Waals surface area contributed by atoms with E-state index in [0.29, 0.717) is 31.6 Å². The number of amides is 3. The minimum atomic E-state index is -1.03. The molecule has 3 amide bonds. The van der Waals surface area contributed by atoms with Gasteiger partial charge in [0.05, 0.1) is 20.3 Å². The van der Waals surface area contributed by atoms with E-state index >= 15 is 0 Å². The van der Waals surface area contributed by atoms with Gasteiger partial charge < -0.3 is 25.2 Å². The minimum Gasteiger partial charge on any atom is -0.508 e. The summed E-state index contributed by atoms with van der Waals surface area (Å²) in [7, 11) is 4.45. The molecule has 0 saturated carbocycles. The summed E-state index contributed by atoms with van der Waals surface area (Å²) in [5, 5.41) is 17.8. The lowest BCUT2D eigenvalue weighted by Crippen LogP contribution is -2.62. The van der Waals surface area contributed by atoms with Gasteiger partial charge in [0.15, 0.2) is 0 Å². The second-order valence-electron chi connectivity index (χ2n) is 10.5. The summed E-state index contributed by atoms with van der Waals surface area (Å²) in [4.78, 5) is 56.2. The van der Waals surface area contributed by atoms with Crippen LogP contribution in [0.2, 0.25) is 0 Å². The van der Waals surface area contributed by atoms with Crippen LogP contribution in [0.15, 0.2) is 53.7 Å². The van der Waals surface area contributed by atoms with Gasteiger partial charge >= 0.3 is 5.97 Å². The van der Waals surface area contributed by atoms with Crippen molar-refractivity contribution in [3.05, 3.63) is 54.2 Å². The number of pyridine rings is 1. The first-order valence-electron chi connectivity index (χ1n) is 14.5. The molecule has 2 aromatic rings. The molecule has 3 rings (SSSR count). The van der Waals surface area contributed by atoms with Gasteiger partial charge in [-0.05, 0) is 59.4 Å². The van der Waals surface area contributed by atoms with Crippen molar-refractivity contribution >= 4 is 45.3 Å². The molecular weight excluding hydrogens is 606 g/mol. The average molecular weight is 648 g/mol. The maximum absolute atomic E-state index is 13.6. The van der Waals surface area contributed by atoms with Gasteiger partial charge in [-0.25, -0.2) is 10.4 Å². The first kappa shape index (κ1) is 35.2. The van der Waals surface area contributed by atoms with Crippen molar-refractivity contribution in [3.8, 4) is 5.75 Å². The smallest absolute Gasteiger partial charge is 0.324 e. The topological polar surface area (TPSA) is 159 Å². The van der Waals surface area contributed by atoms with Crippen LogP contribution in [0.3, 0.4) is 0 Å². The van der Waals surface area contributed by atoms with E-state index in [4.69, 9.17) is 9.47 Å². The highest BCUT2D eigenvalue weighted by atomic mass is 33.1. The molecule has 4 N–H and O–H groups in total. The number of phenols is 1. The van der Waals surface area contributed by atoms with Crippen molar-refractivity contribution in [3.63, 3.8) is 0 Å². The molecule has 12 nitrogen and oxygen atoms in total. The van der Waals surface area contributed by atoms with Crippen molar-refractivity contribution in [2.24, 2.45) is 5.92 Å². The summed E-state index contributed by atoms with van der Waals surface area (Å²) in [6.07, 6.45) is 2.98. The number of benzene rings is 1. The number of hydrogen-bond donors (Lipinski definition) is 4. The molecule has 1 fully saturated rings. The number of carbonyl (C=O) groups excluding carboxylic acids is 4. The van der Waals surface area contributed by atoms with E-state index in [0.717, 1.165) is 10.8 Å². The van der Waals surface area contributed by atoms with Crippen molar-refractivity contribution < 1.29 is 33.8 Å². The number of hydrazine groups is 1. The van der Waals surface area contributed by atoms with Gasteiger partial charge in [-0.1, -0.05) is 42.8 Å². The SMILES string of the molecule is COC(=O)[C@@H]1CCCN(C(=O)[C@H](Cc2cccc(O)c2)NC(=O)[C@@H](NC(=O)CCOCCSSc2ccccn2)C(C)C)N1. The summed E-state index contributed by atoms with van der Waals surface area (Å²) in [6.45, 7) is 4.61. The fourth-order valence-corrected chi connectivity index (χ4v) is 6.21. The monoisotopic (exact) mass is 647 g/mol. The van der Waals surface area contributed by atoms with Gasteiger partial charge in [0.1, 0.15) is 28.9 Å². The summed E-state index contributed by atoms with van der Waals surface area (Å²) >= 11 is 0. The molecule has 0 spiro atoms. The summed E-state index contributed by atoms with van der Waals surface area (Å²) in [5.74, 6) is -1.31. The first-order chi connectivity index (χ1) is 21.2. The number of nitrogens with one attached hydrogen (secondary N) is 3. The largest absolute Gasteiger partial charge is 0.508 e. The molecule has 14 heteroatoms. The molecule has 1 aromatic carbocycles. The van der Waals surface area contributed by atoms with Crippen LogP contribution in [0, 0.1) is 5.92 Å². The van der Waals surface area contributed by atoms with Gasteiger partial charge in [0.2, 0.25) is 11.8 Å². The van der Waals surface area contributed by atoms with Gasteiger partial charge in [0, 0.05) is 31.3 Å². The quantitative estimate of drug-likeness (QED) is 0.120. The van der Waals surface area contributed by atoms with E-state index in [2.05, 4.69) is 21.0 Å². The second kappa shape index (κ2) is 18.5. The number of ether oxygens (including phenoxy) is 2. The lowest BCUT2D eigenvalue weighted by atomic mass is 10.00. The van der Waals surface area contributed by atoms with Gasteiger partial charge in [-0.15, -0.1) is 0 Å². The van der Waals surface area contributed by atoms with E-state index in [1.807, 2.05) is 18.2 Å². The molecule has 1 saturated heterocycles. The molecule has 240 valence electrons. The van der Waals surface area contributed by atoms with Crippen LogP contribution in [0.5, 0.6) is 5.75 Å². The molecule has 44 heavy (non-hydrogen) atoms. The van der Waals surface area contributed by atoms with Crippen molar-refractivity contribution in [2.45, 2.75) is 62.7 Å². The highest BCUT2D eigenvalue weighted by molar-refractivity contribution is 8.76. The summed E-state index contributed by atoms with van der Waals surface area (Å²) < 4.78 is 10.4. The third kappa shape index (κ3) is 11.6. The van der Waals surface area contributed by atoms with Crippen molar-refractivity contribution in [1.82, 2.24) is 26.1 Å². The molecule has 0 aliphatic carbocycles. The minimum absolute atomic E-state index is 0.0296. The number of esters is 1. The Kier molecular flexibility index (Phi) is 14.8. The maximum atomic E-state index is 13.6. The second-order valence-corrected chi connectivity index (χ2v) is 12.9. The van der Waals surface area contributed by atoms with E-state index in [1.54, 1.807) is 53.8 Å². The molecule has 3 atom stereocenters. The maximum Gasteiger partial charge on any atom is 0.324 e. The summed E-state index contributed by atoms with van der Waals surface area (Å²) in [5.41, 5.74) is 3.54. The molecule has 1 aromatic heterocycles. The van der Waals surface area contributed by atoms with Crippen LogP contribution < -0.4 is 16.1 Å².